The molecule has 1 heterocycles. The highest BCUT2D eigenvalue weighted by atomic mass is 35.5. The fourth-order valence-electron chi connectivity index (χ4n) is 3.79. The number of hydrogen-bond acceptors (Lipinski definition) is 2. The molecule has 0 aliphatic heterocycles. The van der Waals surface area contributed by atoms with Crippen molar-refractivity contribution in [1.82, 2.24) is 4.57 Å². The van der Waals surface area contributed by atoms with Gasteiger partial charge in [-0.3, -0.25) is 0 Å². The number of para-hydroxylation sites is 2. The number of benzene rings is 4. The Morgan fingerprint density at radius 1 is 0.600 bits per heavy atom. The van der Waals surface area contributed by atoms with Gasteiger partial charge in [-0.1, -0.05) is 59.6 Å². The SMILES string of the molecule is O=S(=O)(c1cc(Cl)cc(Cl)c1)c1ccc2c(c1)c1ccccc1n2-c1ccccc1. The first-order chi connectivity index (χ1) is 14.4. The van der Waals surface area contributed by atoms with Crippen LogP contribution in [0.5, 0.6) is 0 Å². The van der Waals surface area contributed by atoms with Crippen LogP contribution in [0.15, 0.2) is 101 Å². The number of fused-ring (bicyclic) bond motifs is 3. The van der Waals surface area contributed by atoms with Gasteiger partial charge in [0.2, 0.25) is 9.84 Å². The van der Waals surface area contributed by atoms with Gasteiger partial charge in [-0.25, -0.2) is 8.42 Å². The number of hydrogen-bond donors (Lipinski definition) is 0. The fourth-order valence-corrected chi connectivity index (χ4v) is 5.81. The van der Waals surface area contributed by atoms with Gasteiger partial charge in [0.05, 0.1) is 20.8 Å². The lowest BCUT2D eigenvalue weighted by molar-refractivity contribution is 0.596. The summed E-state index contributed by atoms with van der Waals surface area (Å²) in [4.78, 5) is 0.274. The van der Waals surface area contributed by atoms with Gasteiger partial charge in [-0.2, -0.15) is 0 Å². The van der Waals surface area contributed by atoms with Crippen LogP contribution in [0.2, 0.25) is 10.0 Å². The zero-order chi connectivity index (χ0) is 20.9. The number of sulfone groups is 1. The Labute approximate surface area is 184 Å². The molecule has 0 spiro atoms. The third-order valence-corrected chi connectivity index (χ3v) is 7.28. The molecule has 0 atom stereocenters. The van der Waals surface area contributed by atoms with Crippen LogP contribution in [-0.2, 0) is 9.84 Å². The summed E-state index contributed by atoms with van der Waals surface area (Å²) in [7, 11) is -3.78. The standard InChI is InChI=1S/C24H15Cl2NO2S/c25-16-12-17(26)14-20(13-16)30(28,29)19-10-11-24-22(15-19)21-8-4-5-9-23(21)27(24)18-6-2-1-3-7-18/h1-15H. The monoisotopic (exact) mass is 451 g/mol. The molecule has 1 aromatic heterocycles. The predicted octanol–water partition coefficient (Wildman–Crippen LogP) is 6.92. The molecule has 148 valence electrons. The molecule has 4 aromatic carbocycles. The van der Waals surface area contributed by atoms with Crippen LogP contribution in [-0.4, -0.2) is 13.0 Å². The Morgan fingerprint density at radius 3 is 1.97 bits per heavy atom. The first-order valence-electron chi connectivity index (χ1n) is 9.25. The first-order valence-corrected chi connectivity index (χ1v) is 11.5. The molecule has 0 aliphatic carbocycles. The van der Waals surface area contributed by atoms with E-state index in [4.69, 9.17) is 23.2 Å². The van der Waals surface area contributed by atoms with Gasteiger partial charge in [0.15, 0.2) is 0 Å². The van der Waals surface area contributed by atoms with Crippen LogP contribution < -0.4 is 0 Å². The zero-order valence-electron chi connectivity index (χ0n) is 15.6. The summed E-state index contributed by atoms with van der Waals surface area (Å²) in [6, 6.07) is 27.5. The Morgan fingerprint density at radius 2 is 1.23 bits per heavy atom. The Balaban J connectivity index is 1.79. The van der Waals surface area contributed by atoms with E-state index in [2.05, 4.69) is 4.57 Å². The maximum atomic E-state index is 13.3. The van der Waals surface area contributed by atoms with Crippen LogP contribution >= 0.6 is 23.2 Å². The largest absolute Gasteiger partial charge is 0.309 e. The van der Waals surface area contributed by atoms with Crippen molar-refractivity contribution in [2.75, 3.05) is 0 Å². The number of nitrogens with zero attached hydrogens (tertiary/aromatic N) is 1. The molecule has 0 amide bonds. The van der Waals surface area contributed by atoms with E-state index in [1.165, 1.54) is 18.2 Å². The van der Waals surface area contributed by atoms with Crippen molar-refractivity contribution < 1.29 is 8.42 Å². The van der Waals surface area contributed by atoms with E-state index >= 15 is 0 Å². The number of rotatable bonds is 3. The third-order valence-electron chi connectivity index (χ3n) is 5.12. The molecule has 0 aliphatic rings. The van der Waals surface area contributed by atoms with E-state index in [0.29, 0.717) is 0 Å². The molecule has 0 saturated carbocycles. The second-order valence-electron chi connectivity index (χ2n) is 6.98. The molecule has 5 rings (SSSR count). The van der Waals surface area contributed by atoms with Crippen molar-refractivity contribution in [3.63, 3.8) is 0 Å². The molecule has 0 fully saturated rings. The molecule has 0 radical (unpaired) electrons. The molecule has 0 N–H and O–H groups in total. The first kappa shape index (κ1) is 19.2. The molecule has 3 nitrogen and oxygen atoms in total. The van der Waals surface area contributed by atoms with Gasteiger partial charge in [0.25, 0.3) is 0 Å². The Hall–Kier alpha value is -2.79. The van der Waals surface area contributed by atoms with Crippen LogP contribution in [0.25, 0.3) is 27.5 Å². The molecule has 5 aromatic rings. The third kappa shape index (κ3) is 3.08. The molecular formula is C24H15Cl2NO2S. The second-order valence-corrected chi connectivity index (χ2v) is 9.80. The Kier molecular flexibility index (Phi) is 4.58. The van der Waals surface area contributed by atoms with E-state index in [9.17, 15) is 8.42 Å². The summed E-state index contributed by atoms with van der Waals surface area (Å²) in [5.41, 5.74) is 2.96. The van der Waals surface area contributed by atoms with Crippen LogP contribution in [0.1, 0.15) is 0 Å². The van der Waals surface area contributed by atoms with Gasteiger partial charge < -0.3 is 4.57 Å². The van der Waals surface area contributed by atoms with Crippen LogP contribution in [0, 0.1) is 0 Å². The molecule has 30 heavy (non-hydrogen) atoms. The van der Waals surface area contributed by atoms with E-state index in [0.717, 1.165) is 27.5 Å². The lowest BCUT2D eigenvalue weighted by Crippen LogP contribution is -2.02. The van der Waals surface area contributed by atoms with E-state index in [-0.39, 0.29) is 19.8 Å². The lowest BCUT2D eigenvalue weighted by atomic mass is 10.1. The fraction of sp³-hybridized carbons (Fsp3) is 0. The molecule has 0 saturated heterocycles. The van der Waals surface area contributed by atoms with E-state index < -0.39 is 9.84 Å². The van der Waals surface area contributed by atoms with Crippen molar-refractivity contribution in [3.8, 4) is 5.69 Å². The normalized spacial score (nSPS) is 11.9. The van der Waals surface area contributed by atoms with Gasteiger partial charge in [0, 0.05) is 26.5 Å². The highest BCUT2D eigenvalue weighted by molar-refractivity contribution is 7.91. The Bertz CT molecular complexity index is 1500. The van der Waals surface area contributed by atoms with Gasteiger partial charge in [-0.15, -0.1) is 0 Å². The van der Waals surface area contributed by atoms with Gasteiger partial charge in [-0.05, 0) is 54.6 Å². The van der Waals surface area contributed by atoms with Crippen LogP contribution in [0.4, 0.5) is 0 Å². The lowest BCUT2D eigenvalue weighted by Gasteiger charge is -2.09. The van der Waals surface area contributed by atoms with Crippen molar-refractivity contribution in [1.29, 1.82) is 0 Å². The number of halogens is 2. The molecule has 6 heteroatoms. The summed E-state index contributed by atoms with van der Waals surface area (Å²) in [5, 5.41) is 2.41. The topological polar surface area (TPSA) is 39.1 Å². The van der Waals surface area contributed by atoms with Crippen molar-refractivity contribution in [2.24, 2.45) is 0 Å². The van der Waals surface area contributed by atoms with E-state index in [1.54, 1.807) is 12.1 Å². The smallest absolute Gasteiger partial charge is 0.206 e. The summed E-state index contributed by atoms with van der Waals surface area (Å²) in [6.45, 7) is 0. The second kappa shape index (κ2) is 7.17. The van der Waals surface area contributed by atoms with E-state index in [1.807, 2.05) is 60.7 Å². The maximum absolute atomic E-state index is 13.3. The number of aromatic nitrogens is 1. The highest BCUT2D eigenvalue weighted by Crippen LogP contribution is 2.35. The molecule has 0 bridgehead atoms. The van der Waals surface area contributed by atoms with Gasteiger partial charge >= 0.3 is 0 Å². The average molecular weight is 452 g/mol. The van der Waals surface area contributed by atoms with Gasteiger partial charge in [0.1, 0.15) is 0 Å². The average Bonchev–Trinajstić information content (AvgIpc) is 3.07. The van der Waals surface area contributed by atoms with Crippen molar-refractivity contribution >= 4 is 54.8 Å². The quantitative estimate of drug-likeness (QED) is 0.298. The summed E-state index contributed by atoms with van der Waals surface area (Å²) >= 11 is 12.1. The van der Waals surface area contributed by atoms with Crippen LogP contribution in [0.3, 0.4) is 0 Å². The minimum absolute atomic E-state index is 0.0751. The zero-order valence-corrected chi connectivity index (χ0v) is 17.9. The van der Waals surface area contributed by atoms with Crippen molar-refractivity contribution in [3.05, 3.63) is 101 Å². The maximum Gasteiger partial charge on any atom is 0.206 e. The summed E-state index contributed by atoms with van der Waals surface area (Å²) < 4.78 is 28.7. The predicted molar refractivity (Wildman–Crippen MR) is 123 cm³/mol. The molecule has 0 unspecified atom stereocenters. The minimum atomic E-state index is -3.78. The summed E-state index contributed by atoms with van der Waals surface area (Å²) in [5.74, 6) is 0. The summed E-state index contributed by atoms with van der Waals surface area (Å²) in [6.07, 6.45) is 0. The highest BCUT2D eigenvalue weighted by Gasteiger charge is 2.21. The van der Waals surface area contributed by atoms with Crippen molar-refractivity contribution in [2.45, 2.75) is 9.79 Å². The molecular weight excluding hydrogens is 437 g/mol. The minimum Gasteiger partial charge on any atom is -0.309 e.